The Balaban J connectivity index is 1.85. The molecule has 2 heterocycles. The van der Waals surface area contributed by atoms with Crippen LogP contribution in [0.2, 0.25) is 0 Å². The fourth-order valence-corrected chi connectivity index (χ4v) is 9.45. The monoisotopic (exact) mass is 847 g/mol. The number of hydrogen-bond acceptors (Lipinski definition) is 12. The Morgan fingerprint density at radius 3 is 1.96 bits per heavy atom. The van der Waals surface area contributed by atoms with Crippen LogP contribution in [-0.4, -0.2) is 104 Å². The summed E-state index contributed by atoms with van der Waals surface area (Å²) >= 11 is 0. The van der Waals surface area contributed by atoms with Crippen molar-refractivity contribution in [3.05, 3.63) is 77.0 Å². The van der Waals surface area contributed by atoms with Gasteiger partial charge >= 0.3 is 5.97 Å². The topological polar surface area (TPSA) is 287 Å². The number of carboxylic acid groups (broad SMARTS) is 1. The maximum absolute atomic E-state index is 12.5. The molecule has 0 saturated heterocycles. The number of benzene rings is 2. The van der Waals surface area contributed by atoms with Gasteiger partial charge in [-0.3, -0.25) is 23.0 Å². The summed E-state index contributed by atoms with van der Waals surface area (Å²) in [5.74, 6) is -2.72. The first-order valence-corrected chi connectivity index (χ1v) is 22.2. The van der Waals surface area contributed by atoms with Crippen molar-refractivity contribution in [1.29, 1.82) is 0 Å². The van der Waals surface area contributed by atoms with Gasteiger partial charge in [0.05, 0.1) is 39.0 Å². The quantitative estimate of drug-likeness (QED) is 0.0702. The van der Waals surface area contributed by atoms with E-state index in [9.17, 15) is 66.6 Å². The molecule has 18 nitrogen and oxygen atoms in total. The highest BCUT2D eigenvalue weighted by Crippen LogP contribution is 2.51. The van der Waals surface area contributed by atoms with Crippen molar-refractivity contribution in [2.75, 3.05) is 29.5 Å². The third-order valence-electron chi connectivity index (χ3n) is 9.13. The van der Waals surface area contributed by atoms with Crippen LogP contribution in [0.5, 0.6) is 5.75 Å². The second-order valence-electron chi connectivity index (χ2n) is 13.7. The number of ether oxygens (including phenoxy) is 1. The molecule has 0 spiro atoms. The van der Waals surface area contributed by atoms with Crippen molar-refractivity contribution < 1.29 is 75.9 Å². The highest BCUT2D eigenvalue weighted by molar-refractivity contribution is 7.87. The highest BCUT2D eigenvalue weighted by Gasteiger charge is 2.48. The molecule has 0 aliphatic carbocycles. The number of nitrogens with zero attached hydrogens (tertiary/aromatic N) is 2. The number of fused-ring (bicyclic) bond motifs is 2. The minimum Gasteiger partial charge on any atom is -0.478 e. The fraction of sp³-hybridized carbons (Fsp3) is 0.364. The summed E-state index contributed by atoms with van der Waals surface area (Å²) in [6.07, 6.45) is 7.40. The van der Waals surface area contributed by atoms with Gasteiger partial charge in [0.15, 0.2) is 5.71 Å². The van der Waals surface area contributed by atoms with Gasteiger partial charge < -0.3 is 14.7 Å². The Morgan fingerprint density at radius 1 is 0.800 bits per heavy atom. The van der Waals surface area contributed by atoms with Gasteiger partial charge in [0.2, 0.25) is 5.69 Å². The third-order valence-corrected chi connectivity index (χ3v) is 12.4. The molecule has 2 aromatic rings. The summed E-state index contributed by atoms with van der Waals surface area (Å²) in [5.41, 5.74) is -1.22. The number of anilines is 1. The number of hydrogen-bond donors (Lipinski definition) is 5. The summed E-state index contributed by atoms with van der Waals surface area (Å²) in [5, 5.41) is 10.1. The molecule has 0 amide bonds. The number of carbonyl (C=O) groups excluding carboxylic acids is 1. The molecule has 0 fully saturated rings. The van der Waals surface area contributed by atoms with Crippen molar-refractivity contribution in [3.8, 4) is 5.75 Å². The molecule has 22 heteroatoms. The predicted octanol–water partition coefficient (Wildman–Crippen LogP) is 3.14. The van der Waals surface area contributed by atoms with E-state index in [4.69, 9.17) is 4.74 Å². The molecule has 2 aliphatic rings. The van der Waals surface area contributed by atoms with Crippen LogP contribution >= 0.6 is 0 Å². The number of rotatable bonds is 16. The lowest BCUT2D eigenvalue weighted by Gasteiger charge is -2.27. The molecule has 0 radical (unpaired) electrons. The normalized spacial score (nSPS) is 17.7. The number of carbonyl (C=O) groups is 2. The minimum absolute atomic E-state index is 0.0140. The Morgan fingerprint density at radius 2 is 1.42 bits per heavy atom. The molecule has 0 saturated carbocycles. The van der Waals surface area contributed by atoms with Crippen LogP contribution in [0, 0.1) is 0 Å². The van der Waals surface area contributed by atoms with Crippen LogP contribution in [0.4, 0.5) is 11.4 Å². The van der Waals surface area contributed by atoms with Gasteiger partial charge in [-0.1, -0.05) is 32.1 Å². The largest absolute Gasteiger partial charge is 0.478 e. The van der Waals surface area contributed by atoms with E-state index in [2.05, 4.69) is 0 Å². The van der Waals surface area contributed by atoms with Crippen molar-refractivity contribution in [2.45, 2.75) is 61.2 Å². The average Bonchev–Trinajstić information content (AvgIpc) is 3.36. The second-order valence-corrected chi connectivity index (χ2v) is 19.6. The molecule has 2 aromatic carbocycles. The van der Waals surface area contributed by atoms with E-state index in [-0.39, 0.29) is 55.0 Å². The molecule has 0 aromatic heterocycles. The summed E-state index contributed by atoms with van der Waals surface area (Å²) in [4.78, 5) is 23.2. The van der Waals surface area contributed by atoms with Gasteiger partial charge in [0.1, 0.15) is 17.2 Å². The van der Waals surface area contributed by atoms with Crippen LogP contribution in [-0.2, 0) is 56.1 Å². The SMILES string of the molecule is CC1(C)C(/C=C/C=C/C=C2/N(CCCS(=O)(=O)O)c3cc(S(=O)(=O)O)cc(S(=O)(=O)O)c3C2(C)C)=[N+](CCCS(=O)(=O)O)c2cc(OC=O)cc(C(=O)O)c21. The van der Waals surface area contributed by atoms with Gasteiger partial charge in [-0.2, -0.15) is 38.2 Å². The van der Waals surface area contributed by atoms with Crippen molar-refractivity contribution >= 4 is 70.0 Å². The van der Waals surface area contributed by atoms with E-state index >= 15 is 0 Å². The van der Waals surface area contributed by atoms with Gasteiger partial charge in [0.25, 0.3) is 46.9 Å². The molecular formula is C33H39N2O16S4+. The van der Waals surface area contributed by atoms with Gasteiger partial charge in [0, 0.05) is 41.4 Å². The van der Waals surface area contributed by atoms with E-state index in [1.54, 1.807) is 44.4 Å². The first kappa shape index (κ1) is 43.4. The summed E-state index contributed by atoms with van der Waals surface area (Å²) in [7, 11) is -18.9. The van der Waals surface area contributed by atoms with E-state index < -0.39 is 78.6 Å². The van der Waals surface area contributed by atoms with Crippen molar-refractivity contribution in [1.82, 2.24) is 0 Å². The Hall–Kier alpha value is -4.29. The lowest BCUT2D eigenvalue weighted by atomic mass is 9.79. The average molecular weight is 848 g/mol. The standard InChI is InChI=1S/C33H38N2O16S4/c1-32(2)27(34(12-8-14-52(39,40)41)24-17-21(51-20-36)16-23(29(24)32)31(37)38)10-6-5-7-11-28-33(3,4)30-25(35(28)13-9-15-53(42,43)44)18-22(54(45,46)47)19-26(30)55(48,49)50/h5-7,10-11,16-20H,8-9,12-15H2,1-4H3,(H4-,37,38,39,40,41,42,43,44,45,46,47,48,49,50)/p+1. The molecular weight excluding hydrogens is 809 g/mol. The van der Waals surface area contributed by atoms with Crippen LogP contribution < -0.4 is 9.64 Å². The molecule has 300 valence electrons. The maximum atomic E-state index is 12.5. The smallest absolute Gasteiger partial charge is 0.336 e. The number of aromatic carboxylic acids is 1. The lowest BCUT2D eigenvalue weighted by Crippen LogP contribution is -2.29. The van der Waals surface area contributed by atoms with Crippen molar-refractivity contribution in [2.24, 2.45) is 0 Å². The van der Waals surface area contributed by atoms with E-state index in [1.807, 2.05) is 0 Å². The molecule has 0 atom stereocenters. The summed E-state index contributed by atoms with van der Waals surface area (Å²) in [6, 6.07) is 4.19. The zero-order valence-electron chi connectivity index (χ0n) is 29.8. The van der Waals surface area contributed by atoms with Crippen LogP contribution in [0.3, 0.4) is 0 Å². The van der Waals surface area contributed by atoms with Gasteiger partial charge in [-0.05, 0) is 44.5 Å². The molecule has 5 N–H and O–H groups in total. The Bertz CT molecular complexity index is 2520. The Labute approximate surface area is 318 Å². The maximum Gasteiger partial charge on any atom is 0.336 e. The van der Waals surface area contributed by atoms with E-state index in [1.165, 1.54) is 35.3 Å². The van der Waals surface area contributed by atoms with E-state index in [0.717, 1.165) is 6.07 Å². The Kier molecular flexibility index (Phi) is 12.1. The molecule has 0 bridgehead atoms. The summed E-state index contributed by atoms with van der Waals surface area (Å²) < 4.78 is 140. The van der Waals surface area contributed by atoms with Crippen molar-refractivity contribution in [3.63, 3.8) is 0 Å². The van der Waals surface area contributed by atoms with Gasteiger partial charge in [-0.15, -0.1) is 0 Å². The van der Waals surface area contributed by atoms with E-state index in [0.29, 0.717) is 28.7 Å². The van der Waals surface area contributed by atoms with Crippen LogP contribution in [0.1, 0.15) is 62.0 Å². The zero-order chi connectivity index (χ0) is 41.5. The number of allylic oxidation sites excluding steroid dienone is 6. The van der Waals surface area contributed by atoms with Gasteiger partial charge in [-0.25, -0.2) is 4.79 Å². The molecule has 4 rings (SSSR count). The highest BCUT2D eigenvalue weighted by atomic mass is 32.2. The predicted molar refractivity (Wildman–Crippen MR) is 198 cm³/mol. The second kappa shape index (κ2) is 15.3. The third kappa shape index (κ3) is 9.57. The molecule has 2 aliphatic heterocycles. The number of carboxylic acids is 1. The lowest BCUT2D eigenvalue weighted by molar-refractivity contribution is -0.437. The zero-order valence-corrected chi connectivity index (χ0v) is 33.0. The first-order valence-electron chi connectivity index (χ1n) is 16.1. The first-order chi connectivity index (χ1) is 25.1. The molecule has 0 unspecified atom stereocenters. The minimum atomic E-state index is -5.09. The summed E-state index contributed by atoms with van der Waals surface area (Å²) in [6.45, 7) is 6.49. The fourth-order valence-electron chi connectivity index (χ4n) is 6.97. The van der Waals surface area contributed by atoms with Crippen LogP contribution in [0.15, 0.2) is 70.1 Å². The van der Waals surface area contributed by atoms with Crippen LogP contribution in [0.25, 0.3) is 0 Å². The molecule has 55 heavy (non-hydrogen) atoms.